The van der Waals surface area contributed by atoms with E-state index in [4.69, 9.17) is 16.3 Å². The van der Waals surface area contributed by atoms with Gasteiger partial charge in [0.1, 0.15) is 5.15 Å². The Morgan fingerprint density at radius 1 is 1.30 bits per heavy atom. The zero-order chi connectivity index (χ0) is 14.7. The maximum atomic E-state index is 12.4. The topological polar surface area (TPSA) is 44.2 Å². The Morgan fingerprint density at radius 3 is 2.65 bits per heavy atom. The Morgan fingerprint density at radius 2 is 2.05 bits per heavy atom. The average Bonchev–Trinajstić information content (AvgIpc) is 2.41. The van der Waals surface area contributed by atoms with Gasteiger partial charge in [-0.25, -0.2) is 9.97 Å². The largest absolute Gasteiger partial charge is 0.493 e. The van der Waals surface area contributed by atoms with Crippen LogP contribution in [0, 0.1) is 0 Å². The molecule has 0 aliphatic rings. The number of halogens is 4. The molecule has 0 aliphatic heterocycles. The summed E-state index contributed by atoms with van der Waals surface area (Å²) in [7, 11) is 1.36. The van der Waals surface area contributed by atoms with Crippen LogP contribution in [0.25, 0.3) is 11.4 Å². The molecule has 0 aliphatic carbocycles. The minimum Gasteiger partial charge on any atom is -0.493 e. The van der Waals surface area contributed by atoms with Crippen LogP contribution in [0.5, 0.6) is 11.5 Å². The third-order valence-electron chi connectivity index (χ3n) is 2.34. The molecule has 0 unspecified atom stereocenters. The highest BCUT2D eigenvalue weighted by molar-refractivity contribution is 9.10. The van der Waals surface area contributed by atoms with Crippen LogP contribution in [0.1, 0.15) is 0 Å². The number of rotatable bonds is 4. The summed E-state index contributed by atoms with van der Waals surface area (Å²) in [5.41, 5.74) is 0.482. The molecule has 0 saturated heterocycles. The first-order valence-electron chi connectivity index (χ1n) is 5.32. The summed E-state index contributed by atoms with van der Waals surface area (Å²) in [5.74, 6) is 0.389. The van der Waals surface area contributed by atoms with Gasteiger partial charge in [0.15, 0.2) is 17.3 Å². The summed E-state index contributed by atoms with van der Waals surface area (Å²) in [6.07, 6.45) is 1.47. The highest BCUT2D eigenvalue weighted by Crippen LogP contribution is 2.33. The van der Waals surface area contributed by atoms with Crippen molar-refractivity contribution in [1.29, 1.82) is 0 Å². The van der Waals surface area contributed by atoms with Crippen molar-refractivity contribution in [3.05, 3.63) is 34.0 Å². The van der Waals surface area contributed by atoms with Gasteiger partial charge in [-0.05, 0) is 34.1 Å². The van der Waals surface area contributed by atoms with E-state index in [1.165, 1.54) is 25.4 Å². The number of hydrogen-bond acceptors (Lipinski definition) is 4. The molecule has 1 aromatic carbocycles. The smallest absolute Gasteiger partial charge is 0.387 e. The van der Waals surface area contributed by atoms with Gasteiger partial charge in [-0.1, -0.05) is 11.6 Å². The molecule has 2 aromatic rings. The van der Waals surface area contributed by atoms with Crippen LogP contribution in [-0.2, 0) is 0 Å². The van der Waals surface area contributed by atoms with Gasteiger partial charge in [-0.2, -0.15) is 8.78 Å². The van der Waals surface area contributed by atoms with E-state index in [1.807, 2.05) is 0 Å². The van der Waals surface area contributed by atoms with E-state index in [1.54, 1.807) is 6.07 Å². The third kappa shape index (κ3) is 3.34. The summed E-state index contributed by atoms with van der Waals surface area (Å²) >= 11 is 9.04. The van der Waals surface area contributed by atoms with Gasteiger partial charge >= 0.3 is 6.61 Å². The highest BCUT2D eigenvalue weighted by atomic mass is 79.9. The van der Waals surface area contributed by atoms with Crippen molar-refractivity contribution in [1.82, 2.24) is 9.97 Å². The molecule has 0 radical (unpaired) electrons. The fourth-order valence-electron chi connectivity index (χ4n) is 1.49. The van der Waals surface area contributed by atoms with E-state index in [0.717, 1.165) is 0 Å². The molecule has 0 amide bonds. The van der Waals surface area contributed by atoms with Gasteiger partial charge in [0, 0.05) is 11.8 Å². The van der Waals surface area contributed by atoms with Crippen LogP contribution < -0.4 is 9.47 Å². The Kier molecular flexibility index (Phi) is 4.72. The average molecular weight is 366 g/mol. The lowest BCUT2D eigenvalue weighted by Crippen LogP contribution is -2.04. The molecule has 2 rings (SSSR count). The minimum absolute atomic E-state index is 0.0948. The molecule has 0 N–H and O–H groups in total. The van der Waals surface area contributed by atoms with Gasteiger partial charge < -0.3 is 9.47 Å². The Labute approximate surface area is 126 Å². The summed E-state index contributed by atoms with van der Waals surface area (Å²) in [6.45, 7) is -2.95. The fraction of sp³-hybridized carbons (Fsp3) is 0.167. The molecule has 20 heavy (non-hydrogen) atoms. The molecule has 0 bridgehead atoms. The zero-order valence-electron chi connectivity index (χ0n) is 10.1. The maximum absolute atomic E-state index is 12.4. The zero-order valence-corrected chi connectivity index (χ0v) is 12.5. The lowest BCUT2D eigenvalue weighted by Gasteiger charge is -2.11. The van der Waals surface area contributed by atoms with Crippen molar-refractivity contribution >= 4 is 27.5 Å². The van der Waals surface area contributed by atoms with Crippen LogP contribution >= 0.6 is 27.5 Å². The van der Waals surface area contributed by atoms with Crippen molar-refractivity contribution < 1.29 is 18.3 Å². The number of hydrogen-bond donors (Lipinski definition) is 0. The normalized spacial score (nSPS) is 10.7. The molecule has 0 saturated carbocycles. The van der Waals surface area contributed by atoms with E-state index in [9.17, 15) is 8.78 Å². The highest BCUT2D eigenvalue weighted by Gasteiger charge is 2.13. The molecule has 0 fully saturated rings. The second-order valence-corrected chi connectivity index (χ2v) is 4.79. The number of alkyl halides is 2. The van der Waals surface area contributed by atoms with E-state index in [-0.39, 0.29) is 16.7 Å². The van der Waals surface area contributed by atoms with Gasteiger partial charge in [0.05, 0.1) is 11.6 Å². The number of methoxy groups -OCH3 is 1. The Balaban J connectivity index is 2.44. The van der Waals surface area contributed by atoms with E-state index >= 15 is 0 Å². The van der Waals surface area contributed by atoms with Crippen LogP contribution in [0.2, 0.25) is 5.15 Å². The Hall–Kier alpha value is -1.47. The Bertz CT molecular complexity index is 628. The summed E-state index contributed by atoms with van der Waals surface area (Å²) in [5, 5.41) is 0.224. The van der Waals surface area contributed by atoms with Crippen molar-refractivity contribution in [3.63, 3.8) is 0 Å². The molecule has 1 heterocycles. The lowest BCUT2D eigenvalue weighted by molar-refractivity contribution is -0.0511. The van der Waals surface area contributed by atoms with Gasteiger partial charge in [0.25, 0.3) is 0 Å². The van der Waals surface area contributed by atoms with Gasteiger partial charge in [-0.15, -0.1) is 0 Å². The predicted molar refractivity (Wildman–Crippen MR) is 73.4 cm³/mol. The van der Waals surface area contributed by atoms with E-state index in [2.05, 4.69) is 30.6 Å². The first kappa shape index (κ1) is 14.9. The number of benzene rings is 1. The van der Waals surface area contributed by atoms with Crippen molar-refractivity contribution in [2.45, 2.75) is 6.61 Å². The molecular weight excluding hydrogens is 357 g/mol. The molecule has 8 heteroatoms. The van der Waals surface area contributed by atoms with Crippen LogP contribution in [0.15, 0.2) is 28.9 Å². The molecule has 0 atom stereocenters. The number of aromatic nitrogens is 2. The minimum atomic E-state index is -2.95. The molecule has 1 aromatic heterocycles. The van der Waals surface area contributed by atoms with E-state index in [0.29, 0.717) is 15.9 Å². The lowest BCUT2D eigenvalue weighted by atomic mass is 10.2. The number of nitrogens with zero attached hydrogens (tertiary/aromatic N) is 2. The third-order valence-corrected chi connectivity index (χ3v) is 3.44. The molecular formula is C12H8BrClF2N2O2. The monoisotopic (exact) mass is 364 g/mol. The second kappa shape index (κ2) is 6.32. The fourth-order valence-corrected chi connectivity index (χ4v) is 1.81. The van der Waals surface area contributed by atoms with Gasteiger partial charge in [-0.3, -0.25) is 0 Å². The summed E-state index contributed by atoms with van der Waals surface area (Å²) < 4.78 is 34.6. The number of ether oxygens (including phenoxy) is 2. The first-order chi connectivity index (χ1) is 9.51. The maximum Gasteiger partial charge on any atom is 0.387 e. The molecule has 4 nitrogen and oxygen atoms in total. The van der Waals surface area contributed by atoms with E-state index < -0.39 is 6.61 Å². The SMILES string of the molecule is COc1ccc(-c2ncc(Br)c(Cl)n2)cc1OC(F)F. The van der Waals surface area contributed by atoms with Crippen LogP contribution in [-0.4, -0.2) is 23.7 Å². The van der Waals surface area contributed by atoms with Crippen molar-refractivity contribution in [3.8, 4) is 22.9 Å². The molecule has 0 spiro atoms. The summed E-state index contributed by atoms with van der Waals surface area (Å²) in [4.78, 5) is 8.10. The van der Waals surface area contributed by atoms with Gasteiger partial charge in [0.2, 0.25) is 0 Å². The standard InChI is InChI=1S/C12H8BrClF2N2O2/c1-19-8-3-2-6(4-9(8)20-12(15)16)11-17-5-7(13)10(14)18-11/h2-5,12H,1H3. The quantitative estimate of drug-likeness (QED) is 0.763. The van der Waals surface area contributed by atoms with Crippen molar-refractivity contribution in [2.75, 3.05) is 7.11 Å². The van der Waals surface area contributed by atoms with Crippen molar-refractivity contribution in [2.24, 2.45) is 0 Å². The predicted octanol–water partition coefficient (Wildman–Crippen LogP) is 4.17. The summed E-state index contributed by atoms with van der Waals surface area (Å²) in [6, 6.07) is 4.48. The molecule has 106 valence electrons. The van der Waals surface area contributed by atoms with Crippen LogP contribution in [0.4, 0.5) is 8.78 Å². The first-order valence-corrected chi connectivity index (χ1v) is 6.49. The van der Waals surface area contributed by atoms with Crippen LogP contribution in [0.3, 0.4) is 0 Å². The second-order valence-electron chi connectivity index (χ2n) is 3.58.